The molecule has 0 aliphatic carbocycles. The lowest BCUT2D eigenvalue weighted by molar-refractivity contribution is -0.0119. The summed E-state index contributed by atoms with van der Waals surface area (Å²) in [4.78, 5) is 26.7. The van der Waals surface area contributed by atoms with E-state index in [4.69, 9.17) is 9.79 Å². The number of carbonyl (C=O) groups excluding carboxylic acids is 1. The van der Waals surface area contributed by atoms with Crippen LogP contribution in [0.1, 0.15) is 0 Å². The normalized spacial score (nSPS) is 14.7. The maximum Gasteiger partial charge on any atom is 0.699 e. The van der Waals surface area contributed by atoms with E-state index in [1.807, 2.05) is 0 Å². The van der Waals surface area contributed by atoms with Crippen LogP contribution < -0.4 is 5.32 Å². The maximum absolute atomic E-state index is 10.3. The molecule has 0 aromatic carbocycles. The summed E-state index contributed by atoms with van der Waals surface area (Å²) in [5, 5.41) is 0.790. The summed E-state index contributed by atoms with van der Waals surface area (Å²) >= 11 is 3.22. The van der Waals surface area contributed by atoms with Crippen molar-refractivity contribution in [2.24, 2.45) is 0 Å². The molecule has 74 valence electrons. The lowest BCUT2D eigenvalue weighted by Gasteiger charge is -2.01. The first kappa shape index (κ1) is 12.9. The molecule has 0 saturated heterocycles. The first-order valence-corrected chi connectivity index (χ1v) is 5.28. The molecule has 1 amide bonds. The minimum absolute atomic E-state index is 0.946. The molecule has 0 bridgehead atoms. The van der Waals surface area contributed by atoms with Crippen LogP contribution in [0.25, 0.3) is 0 Å². The molecule has 3 N–H and O–H groups in total. The van der Waals surface area contributed by atoms with Gasteiger partial charge in [-0.2, -0.15) is 0 Å². The molecular weight excluding hydrogens is 244 g/mol. The highest BCUT2D eigenvalue weighted by Gasteiger charge is 2.33. The lowest BCUT2D eigenvalue weighted by Crippen LogP contribution is -2.32. The van der Waals surface area contributed by atoms with Gasteiger partial charge >= 0.3 is 22.9 Å². The molecule has 8 nitrogen and oxygen atoms in total. The van der Waals surface area contributed by atoms with Crippen molar-refractivity contribution in [3.8, 4) is 0 Å². The van der Waals surface area contributed by atoms with E-state index in [2.05, 4.69) is 21.7 Å². The van der Waals surface area contributed by atoms with Gasteiger partial charge in [-0.3, -0.25) is 10.1 Å². The van der Waals surface area contributed by atoms with Crippen molar-refractivity contribution in [3.05, 3.63) is 0 Å². The van der Waals surface area contributed by atoms with Gasteiger partial charge in [0.05, 0.1) is 0 Å². The highest BCUT2D eigenvalue weighted by molar-refractivity contribution is 7.96. The van der Waals surface area contributed by atoms with Crippen molar-refractivity contribution in [3.63, 3.8) is 0 Å². The first-order valence-electron chi connectivity index (χ1n) is 2.57. The van der Waals surface area contributed by atoms with Crippen LogP contribution in [0, 0.1) is 0 Å². The molecule has 0 aromatic heterocycles. The van der Waals surface area contributed by atoms with Gasteiger partial charge in [0.1, 0.15) is 0 Å². The molecule has 0 aliphatic heterocycles. The fourth-order valence-electron chi connectivity index (χ4n) is 0.337. The number of rotatable bonds is 5. The molecule has 0 saturated carbocycles. The van der Waals surface area contributed by atoms with Crippen LogP contribution in [0.15, 0.2) is 0 Å². The van der Waals surface area contributed by atoms with E-state index in [0.717, 1.165) is 0 Å². The molecule has 0 radical (unpaired) electrons. The second-order valence-corrected chi connectivity index (χ2v) is 3.25. The van der Waals surface area contributed by atoms with Crippen LogP contribution in [0.2, 0.25) is 0 Å². The van der Waals surface area contributed by atoms with E-state index in [9.17, 15) is 13.9 Å². The molecule has 0 rings (SSSR count). The summed E-state index contributed by atoms with van der Waals surface area (Å²) in [5.74, 6) is 0. The van der Waals surface area contributed by atoms with Crippen LogP contribution in [-0.2, 0) is 18.2 Å². The summed E-state index contributed by atoms with van der Waals surface area (Å²) in [6.07, 6.45) is -1.78. The largest absolute Gasteiger partial charge is 0.699 e. The van der Waals surface area contributed by atoms with Gasteiger partial charge in [-0.25, -0.2) is 0 Å². The fraction of sp³-hybridized carbons (Fsp3) is 0.500. The number of carbonyl (C=O) groups is 1. The first-order chi connectivity index (χ1) is 5.91. The van der Waals surface area contributed by atoms with Crippen molar-refractivity contribution >= 4 is 34.4 Å². The van der Waals surface area contributed by atoms with Gasteiger partial charge in [0.2, 0.25) is 0 Å². The van der Waals surface area contributed by atoms with Crippen molar-refractivity contribution in [2.75, 3.05) is 0 Å². The zero-order valence-electron chi connectivity index (χ0n) is 5.85. The van der Waals surface area contributed by atoms with E-state index in [-0.39, 0.29) is 0 Å². The van der Waals surface area contributed by atoms with E-state index in [0.29, 0.717) is 0 Å². The van der Waals surface area contributed by atoms with E-state index >= 15 is 0 Å². The minimum Gasteiger partial charge on any atom is -0.291 e. The smallest absolute Gasteiger partial charge is 0.291 e. The third-order valence-corrected chi connectivity index (χ3v) is 1.49. The molecule has 13 heavy (non-hydrogen) atoms. The third-order valence-electron chi connectivity index (χ3n) is 0.613. The van der Waals surface area contributed by atoms with Crippen molar-refractivity contribution < 1.29 is 32.8 Å². The Hall–Kier alpha value is -0.140. The van der Waals surface area contributed by atoms with Crippen molar-refractivity contribution in [1.82, 2.24) is 5.32 Å². The Kier molecular flexibility index (Phi) is 6.27. The monoisotopic (exact) mass is 249 g/mol. The molecular formula is C2H5NO7P2S+2. The molecule has 0 spiro atoms. The van der Waals surface area contributed by atoms with E-state index < -0.39 is 28.2 Å². The van der Waals surface area contributed by atoms with Gasteiger partial charge in [0, 0.05) is 9.13 Å². The predicted octanol–water partition coefficient (Wildman–Crippen LogP) is 0.242. The molecule has 0 fully saturated rings. The van der Waals surface area contributed by atoms with E-state index in [1.165, 1.54) is 0 Å². The molecule has 2 atom stereocenters. The van der Waals surface area contributed by atoms with Gasteiger partial charge in [0.15, 0.2) is 0 Å². The number of hydrogen-bond donors (Lipinski definition) is 4. The van der Waals surface area contributed by atoms with Crippen molar-refractivity contribution in [2.45, 2.75) is 6.41 Å². The van der Waals surface area contributed by atoms with Gasteiger partial charge in [-0.15, -0.1) is 9.79 Å². The van der Waals surface area contributed by atoms with E-state index in [1.54, 1.807) is 5.32 Å². The fourth-order valence-corrected chi connectivity index (χ4v) is 1.03. The summed E-state index contributed by atoms with van der Waals surface area (Å²) in [7, 11) is -6.13. The van der Waals surface area contributed by atoms with Crippen LogP contribution in [0.5, 0.6) is 0 Å². The summed E-state index contributed by atoms with van der Waals surface area (Å²) in [5.41, 5.74) is 0. The Bertz CT molecular complexity index is 194. The zero-order chi connectivity index (χ0) is 10.4. The second-order valence-electron chi connectivity index (χ2n) is 1.47. The van der Waals surface area contributed by atoms with Gasteiger partial charge in [-0.05, 0) is 0 Å². The highest BCUT2D eigenvalue weighted by atomic mass is 32.1. The second kappa shape index (κ2) is 6.33. The standard InChI is InChI=1S/C2H3NO7P2S/c4-1(13)3-2(9-11(5)6)10-12(7)8/h2H,(H2-2,3,4,5,6,7,8,13)/p+2. The Morgan fingerprint density at radius 2 is 1.69 bits per heavy atom. The van der Waals surface area contributed by atoms with Gasteiger partial charge < -0.3 is 0 Å². The third kappa shape index (κ3) is 8.20. The predicted molar refractivity (Wildman–Crippen MR) is 43.1 cm³/mol. The van der Waals surface area contributed by atoms with Crippen LogP contribution in [-0.4, -0.2) is 21.4 Å². The van der Waals surface area contributed by atoms with Crippen LogP contribution in [0.3, 0.4) is 0 Å². The molecule has 0 heterocycles. The highest BCUT2D eigenvalue weighted by Crippen LogP contribution is 2.24. The summed E-state index contributed by atoms with van der Waals surface area (Å²) < 4.78 is 28.1. The number of hydrogen-bond acceptors (Lipinski definition) is 5. The molecule has 11 heteroatoms. The zero-order valence-corrected chi connectivity index (χ0v) is 8.54. The SMILES string of the molecule is O=C(S)NC(O[P+](=O)O)O[P+](=O)O. The number of nitrogens with one attached hydrogen (secondary N) is 1. The minimum atomic E-state index is -3.06. The summed E-state index contributed by atoms with van der Waals surface area (Å²) in [6, 6.07) is 0. The number of thiol groups is 1. The Labute approximate surface area is 79.5 Å². The Morgan fingerprint density at radius 3 is 1.92 bits per heavy atom. The average molecular weight is 249 g/mol. The lowest BCUT2D eigenvalue weighted by atomic mass is 11.0. The van der Waals surface area contributed by atoms with Gasteiger partial charge in [0.25, 0.3) is 5.24 Å². The quantitative estimate of drug-likeness (QED) is 0.312. The Balaban J connectivity index is 4.10. The molecule has 0 aliphatic rings. The molecule has 0 aromatic rings. The average Bonchev–Trinajstić information content (AvgIpc) is 1.80. The summed E-state index contributed by atoms with van der Waals surface area (Å²) in [6.45, 7) is 0. The topological polar surface area (TPSA) is 122 Å². The van der Waals surface area contributed by atoms with Gasteiger partial charge in [-0.1, -0.05) is 21.7 Å². The van der Waals surface area contributed by atoms with Crippen LogP contribution in [0.4, 0.5) is 4.79 Å². The van der Waals surface area contributed by atoms with Crippen molar-refractivity contribution in [1.29, 1.82) is 0 Å². The maximum atomic E-state index is 10.3. The Morgan fingerprint density at radius 1 is 1.31 bits per heavy atom. The van der Waals surface area contributed by atoms with Crippen LogP contribution >= 0.6 is 29.1 Å². The molecule has 2 unspecified atom stereocenters. The number of amides is 1.